The van der Waals surface area contributed by atoms with E-state index in [1.54, 1.807) is 48.5 Å². The average Bonchev–Trinajstić information content (AvgIpc) is 2.98. The monoisotopic (exact) mass is 358 g/mol. The molecule has 126 valence electrons. The Labute approximate surface area is 154 Å². The standard InChI is InChI=1S/C22H14O3S/c23-19(13-7-2-1-3-8-13)18-17(16-11-6-12-26-16)22(18)20(24)14-9-4-5-10-15(14)21(22)25/h1-12,17-18H/t17-,18+/m0/s1. The molecule has 0 N–H and O–H groups in total. The van der Waals surface area contributed by atoms with Crippen LogP contribution >= 0.6 is 11.3 Å². The van der Waals surface area contributed by atoms with Crippen LogP contribution in [0.5, 0.6) is 0 Å². The first-order valence-electron chi connectivity index (χ1n) is 8.48. The fraction of sp³-hybridized carbons (Fsp3) is 0.136. The second kappa shape index (κ2) is 5.32. The van der Waals surface area contributed by atoms with Crippen molar-refractivity contribution in [1.82, 2.24) is 0 Å². The molecule has 1 aromatic heterocycles. The van der Waals surface area contributed by atoms with Crippen LogP contribution in [-0.2, 0) is 0 Å². The van der Waals surface area contributed by atoms with E-state index in [4.69, 9.17) is 0 Å². The van der Waals surface area contributed by atoms with Crippen LogP contribution in [0.3, 0.4) is 0 Å². The Hall–Kier alpha value is -2.85. The topological polar surface area (TPSA) is 51.2 Å². The van der Waals surface area contributed by atoms with Gasteiger partial charge in [-0.1, -0.05) is 60.7 Å². The molecular weight excluding hydrogens is 344 g/mol. The van der Waals surface area contributed by atoms with Gasteiger partial charge in [0.1, 0.15) is 5.41 Å². The summed E-state index contributed by atoms with van der Waals surface area (Å²) in [7, 11) is 0. The zero-order valence-electron chi connectivity index (χ0n) is 13.7. The van der Waals surface area contributed by atoms with E-state index in [9.17, 15) is 14.4 Å². The summed E-state index contributed by atoms with van der Waals surface area (Å²) in [5.41, 5.74) is 0.180. The molecule has 0 aliphatic heterocycles. The highest BCUT2D eigenvalue weighted by atomic mass is 32.1. The first-order chi connectivity index (χ1) is 12.7. The van der Waals surface area contributed by atoms with Gasteiger partial charge in [0, 0.05) is 27.5 Å². The molecule has 0 unspecified atom stereocenters. The molecule has 3 nitrogen and oxygen atoms in total. The lowest BCUT2D eigenvalue weighted by molar-refractivity contribution is 0.0764. The normalized spacial score (nSPS) is 22.5. The number of thiophene rings is 1. The minimum absolute atomic E-state index is 0.126. The van der Waals surface area contributed by atoms with Gasteiger partial charge in [0.15, 0.2) is 17.3 Å². The number of Topliss-reactive ketones (excluding diaryl/α,β-unsaturated/α-hetero) is 3. The number of rotatable bonds is 3. The van der Waals surface area contributed by atoms with Gasteiger partial charge < -0.3 is 0 Å². The lowest BCUT2D eigenvalue weighted by Gasteiger charge is -2.06. The van der Waals surface area contributed by atoms with Crippen LogP contribution in [0.1, 0.15) is 41.9 Å². The summed E-state index contributed by atoms with van der Waals surface area (Å²) >= 11 is 1.50. The Morgan fingerprint density at radius 2 is 1.42 bits per heavy atom. The second-order valence-electron chi connectivity index (χ2n) is 6.77. The van der Waals surface area contributed by atoms with Crippen LogP contribution < -0.4 is 0 Å². The lowest BCUT2D eigenvalue weighted by atomic mass is 9.92. The van der Waals surface area contributed by atoms with Crippen molar-refractivity contribution < 1.29 is 14.4 Å². The molecule has 2 aromatic carbocycles. The number of carbonyl (C=O) groups is 3. The van der Waals surface area contributed by atoms with Gasteiger partial charge in [-0.2, -0.15) is 0 Å². The summed E-state index contributed by atoms with van der Waals surface area (Å²) in [6, 6.07) is 19.7. The fourth-order valence-corrected chi connectivity index (χ4v) is 5.32. The number of carbonyl (C=O) groups excluding carboxylic acids is 3. The van der Waals surface area contributed by atoms with Gasteiger partial charge in [0.05, 0.1) is 5.92 Å². The zero-order chi connectivity index (χ0) is 17.9. The van der Waals surface area contributed by atoms with E-state index in [-0.39, 0.29) is 23.3 Å². The maximum atomic E-state index is 13.3. The third-order valence-electron chi connectivity index (χ3n) is 5.56. The van der Waals surface area contributed by atoms with E-state index >= 15 is 0 Å². The van der Waals surface area contributed by atoms with Gasteiger partial charge >= 0.3 is 0 Å². The van der Waals surface area contributed by atoms with E-state index in [0.717, 1.165) is 4.88 Å². The Morgan fingerprint density at radius 1 is 0.808 bits per heavy atom. The number of hydrogen-bond donors (Lipinski definition) is 0. The molecule has 1 heterocycles. The van der Waals surface area contributed by atoms with E-state index in [2.05, 4.69) is 0 Å². The Bertz CT molecular complexity index is 1020. The second-order valence-corrected chi connectivity index (χ2v) is 7.75. The highest BCUT2D eigenvalue weighted by Gasteiger charge is 2.79. The van der Waals surface area contributed by atoms with Gasteiger partial charge in [-0.15, -0.1) is 11.3 Å². The Morgan fingerprint density at radius 3 is 2.00 bits per heavy atom. The van der Waals surface area contributed by atoms with Gasteiger partial charge in [-0.05, 0) is 11.4 Å². The molecule has 0 amide bonds. The van der Waals surface area contributed by atoms with Crippen LogP contribution in [0.2, 0.25) is 0 Å². The maximum absolute atomic E-state index is 13.3. The molecular formula is C22H14O3S. The first kappa shape index (κ1) is 15.4. The first-order valence-corrected chi connectivity index (χ1v) is 9.36. The van der Waals surface area contributed by atoms with Crippen molar-refractivity contribution in [2.45, 2.75) is 5.92 Å². The van der Waals surface area contributed by atoms with Crippen molar-refractivity contribution in [1.29, 1.82) is 0 Å². The third-order valence-corrected chi connectivity index (χ3v) is 6.52. The molecule has 0 bridgehead atoms. The molecule has 5 rings (SSSR count). The summed E-state index contributed by atoms with van der Waals surface area (Å²) in [4.78, 5) is 40.7. The molecule has 0 saturated heterocycles. The quantitative estimate of drug-likeness (QED) is 0.515. The van der Waals surface area contributed by atoms with Crippen LogP contribution in [0.4, 0.5) is 0 Å². The molecule has 2 aliphatic rings. The van der Waals surface area contributed by atoms with E-state index in [1.165, 1.54) is 11.3 Å². The zero-order valence-corrected chi connectivity index (χ0v) is 14.5. The average molecular weight is 358 g/mol. The summed E-state index contributed by atoms with van der Waals surface area (Å²) in [6.07, 6.45) is 0. The van der Waals surface area contributed by atoms with Crippen LogP contribution in [0, 0.1) is 11.3 Å². The van der Waals surface area contributed by atoms with E-state index in [1.807, 2.05) is 23.6 Å². The third kappa shape index (κ3) is 1.80. The molecule has 2 atom stereocenters. The SMILES string of the molecule is O=C(c1ccccc1)[C@H]1[C@H](c2cccs2)C12C(=O)c1ccccc1C2=O. The van der Waals surface area contributed by atoms with Crippen molar-refractivity contribution in [3.05, 3.63) is 93.7 Å². The smallest absolute Gasteiger partial charge is 0.178 e. The van der Waals surface area contributed by atoms with Crippen LogP contribution in [0.15, 0.2) is 72.1 Å². The Balaban J connectivity index is 1.67. The summed E-state index contributed by atoms with van der Waals surface area (Å²) in [6.45, 7) is 0. The van der Waals surface area contributed by atoms with Crippen molar-refractivity contribution in [2.75, 3.05) is 0 Å². The number of hydrogen-bond acceptors (Lipinski definition) is 4. The van der Waals surface area contributed by atoms with Crippen molar-refractivity contribution in [2.24, 2.45) is 11.3 Å². The molecule has 0 radical (unpaired) electrons. The Kier molecular flexibility index (Phi) is 3.15. The lowest BCUT2D eigenvalue weighted by Crippen LogP contribution is -2.23. The number of fused-ring (bicyclic) bond motifs is 1. The largest absolute Gasteiger partial charge is 0.294 e. The summed E-state index contributed by atoms with van der Waals surface area (Å²) < 4.78 is 0. The van der Waals surface area contributed by atoms with Crippen LogP contribution in [-0.4, -0.2) is 17.3 Å². The van der Waals surface area contributed by atoms with Crippen molar-refractivity contribution in [3.63, 3.8) is 0 Å². The summed E-state index contributed by atoms with van der Waals surface area (Å²) in [5, 5.41) is 1.92. The molecule has 26 heavy (non-hydrogen) atoms. The summed E-state index contributed by atoms with van der Waals surface area (Å²) in [5.74, 6) is -1.53. The number of ketones is 3. The maximum Gasteiger partial charge on any atom is 0.178 e. The molecule has 2 aliphatic carbocycles. The molecule has 1 saturated carbocycles. The van der Waals surface area contributed by atoms with Crippen molar-refractivity contribution >= 4 is 28.7 Å². The molecule has 1 spiro atoms. The number of benzene rings is 2. The molecule has 3 aromatic rings. The van der Waals surface area contributed by atoms with Gasteiger partial charge in [0.25, 0.3) is 0 Å². The molecule has 1 fully saturated rings. The van der Waals surface area contributed by atoms with Gasteiger partial charge in [-0.3, -0.25) is 14.4 Å². The highest BCUT2D eigenvalue weighted by molar-refractivity contribution is 7.10. The van der Waals surface area contributed by atoms with Gasteiger partial charge in [-0.25, -0.2) is 0 Å². The predicted molar refractivity (Wildman–Crippen MR) is 98.9 cm³/mol. The van der Waals surface area contributed by atoms with Gasteiger partial charge in [0.2, 0.25) is 0 Å². The predicted octanol–water partition coefficient (Wildman–Crippen LogP) is 4.41. The fourth-order valence-electron chi connectivity index (χ4n) is 4.38. The minimum Gasteiger partial charge on any atom is -0.294 e. The van der Waals surface area contributed by atoms with E-state index < -0.39 is 11.3 Å². The highest BCUT2D eigenvalue weighted by Crippen LogP contribution is 2.71. The van der Waals surface area contributed by atoms with Crippen molar-refractivity contribution in [3.8, 4) is 0 Å². The molecule has 4 heteroatoms. The minimum atomic E-state index is -1.26. The van der Waals surface area contributed by atoms with E-state index in [0.29, 0.717) is 16.7 Å². The van der Waals surface area contributed by atoms with Crippen LogP contribution in [0.25, 0.3) is 0 Å².